The maximum absolute atomic E-state index is 13.3. The van der Waals surface area contributed by atoms with E-state index in [9.17, 15) is 9.50 Å². The van der Waals surface area contributed by atoms with Crippen LogP contribution in [0.25, 0.3) is 0 Å². The quantitative estimate of drug-likeness (QED) is 0.810. The fraction of sp³-hybridized carbons (Fsp3) is 0.444. The van der Waals surface area contributed by atoms with Gasteiger partial charge in [0.25, 0.3) is 0 Å². The zero-order chi connectivity index (χ0) is 16.9. The smallest absolute Gasteiger partial charge is 0.135 e. The van der Waals surface area contributed by atoms with Gasteiger partial charge in [0.15, 0.2) is 0 Å². The Balaban J connectivity index is 2.07. The zero-order valence-corrected chi connectivity index (χ0v) is 13.9. The van der Waals surface area contributed by atoms with Crippen molar-refractivity contribution in [3.05, 3.63) is 59.3 Å². The summed E-state index contributed by atoms with van der Waals surface area (Å²) in [7, 11) is 1.65. The summed E-state index contributed by atoms with van der Waals surface area (Å²) in [4.78, 5) is 2.12. The van der Waals surface area contributed by atoms with Crippen LogP contribution in [0.1, 0.15) is 30.9 Å². The van der Waals surface area contributed by atoms with Gasteiger partial charge in [-0.25, -0.2) is 4.39 Å². The second-order valence-electron chi connectivity index (χ2n) is 6.16. The molecule has 126 valence electrons. The lowest BCUT2D eigenvalue weighted by molar-refractivity contribution is 0.0511. The number of rotatable bonds is 8. The fourth-order valence-corrected chi connectivity index (χ4v) is 2.34. The average molecular weight is 321 g/mol. The molecule has 0 aliphatic carbocycles. The van der Waals surface area contributed by atoms with Crippen molar-refractivity contribution in [3.63, 3.8) is 0 Å². The first-order valence-corrected chi connectivity index (χ1v) is 7.66. The Bertz CT molecular complexity index is 619. The van der Waals surface area contributed by atoms with Gasteiger partial charge in [-0.15, -0.1) is 0 Å². The molecule has 0 aliphatic rings. The topological polar surface area (TPSA) is 45.8 Å². The number of ether oxygens (including phenoxy) is 1. The van der Waals surface area contributed by atoms with Gasteiger partial charge in [-0.3, -0.25) is 4.90 Å². The minimum absolute atomic E-state index is 0.239. The van der Waals surface area contributed by atoms with Gasteiger partial charge in [0.05, 0.1) is 13.2 Å². The average Bonchev–Trinajstić information content (AvgIpc) is 2.93. The molecular formula is C18H24FNO3. The highest BCUT2D eigenvalue weighted by Gasteiger charge is 2.21. The highest BCUT2D eigenvalue weighted by Crippen LogP contribution is 2.23. The third-order valence-electron chi connectivity index (χ3n) is 3.55. The molecule has 2 rings (SSSR count). The lowest BCUT2D eigenvalue weighted by Crippen LogP contribution is -2.26. The number of hydrogen-bond donors (Lipinski definition) is 1. The van der Waals surface area contributed by atoms with Crippen molar-refractivity contribution in [2.75, 3.05) is 20.3 Å². The van der Waals surface area contributed by atoms with E-state index in [-0.39, 0.29) is 5.82 Å². The van der Waals surface area contributed by atoms with Gasteiger partial charge in [-0.1, -0.05) is 12.1 Å². The summed E-state index contributed by atoms with van der Waals surface area (Å²) in [6.07, 6.45) is 0. The normalized spacial score (nSPS) is 12.1. The molecule has 0 bridgehead atoms. The van der Waals surface area contributed by atoms with E-state index in [0.29, 0.717) is 32.0 Å². The SMILES string of the molecule is COCCN(Cc1cccc(F)c1)Cc1ccc(C(C)(C)O)o1. The molecule has 1 heterocycles. The van der Waals surface area contributed by atoms with Crippen LogP contribution in [0.5, 0.6) is 0 Å². The largest absolute Gasteiger partial charge is 0.462 e. The summed E-state index contributed by atoms with van der Waals surface area (Å²) >= 11 is 0. The van der Waals surface area contributed by atoms with Crippen molar-refractivity contribution in [1.82, 2.24) is 4.90 Å². The minimum atomic E-state index is -1.00. The molecule has 0 radical (unpaired) electrons. The standard InChI is InChI=1S/C18H24FNO3/c1-18(2,21)17-8-7-16(23-17)13-20(9-10-22-3)12-14-5-4-6-15(19)11-14/h4-8,11,21H,9-10,12-13H2,1-3H3. The number of halogens is 1. The van der Waals surface area contributed by atoms with Crippen molar-refractivity contribution in [1.29, 1.82) is 0 Å². The van der Waals surface area contributed by atoms with Crippen LogP contribution in [0.2, 0.25) is 0 Å². The van der Waals surface area contributed by atoms with Gasteiger partial charge in [0.1, 0.15) is 22.9 Å². The minimum Gasteiger partial charge on any atom is -0.462 e. The summed E-state index contributed by atoms with van der Waals surface area (Å²) in [5.41, 5.74) is -0.103. The number of aliphatic hydroxyl groups is 1. The van der Waals surface area contributed by atoms with Crippen molar-refractivity contribution in [2.45, 2.75) is 32.5 Å². The monoisotopic (exact) mass is 321 g/mol. The Labute approximate surface area is 136 Å². The highest BCUT2D eigenvalue weighted by atomic mass is 19.1. The van der Waals surface area contributed by atoms with E-state index < -0.39 is 5.60 Å². The number of methoxy groups -OCH3 is 1. The first-order valence-electron chi connectivity index (χ1n) is 7.66. The molecule has 0 aliphatic heterocycles. The number of hydrogen-bond acceptors (Lipinski definition) is 4. The van der Waals surface area contributed by atoms with Crippen LogP contribution < -0.4 is 0 Å². The van der Waals surface area contributed by atoms with Crippen LogP contribution in [-0.4, -0.2) is 30.3 Å². The molecule has 1 aromatic carbocycles. The molecule has 0 saturated carbocycles. The van der Waals surface area contributed by atoms with Crippen molar-refractivity contribution in [3.8, 4) is 0 Å². The van der Waals surface area contributed by atoms with Gasteiger partial charge in [-0.2, -0.15) is 0 Å². The van der Waals surface area contributed by atoms with E-state index in [1.54, 1.807) is 33.1 Å². The second-order valence-corrected chi connectivity index (χ2v) is 6.16. The Morgan fingerprint density at radius 1 is 1.22 bits per heavy atom. The summed E-state index contributed by atoms with van der Waals surface area (Å²) in [5.74, 6) is 1.05. The van der Waals surface area contributed by atoms with Crippen molar-refractivity contribution >= 4 is 0 Å². The molecule has 1 aromatic heterocycles. The van der Waals surface area contributed by atoms with E-state index in [0.717, 1.165) is 11.3 Å². The van der Waals surface area contributed by atoms with Gasteiger partial charge in [-0.05, 0) is 43.7 Å². The fourth-order valence-electron chi connectivity index (χ4n) is 2.34. The molecule has 0 saturated heterocycles. The molecule has 1 N–H and O–H groups in total. The molecule has 4 nitrogen and oxygen atoms in total. The van der Waals surface area contributed by atoms with Crippen molar-refractivity contribution < 1.29 is 18.7 Å². The third kappa shape index (κ3) is 5.46. The van der Waals surface area contributed by atoms with Gasteiger partial charge < -0.3 is 14.3 Å². The van der Waals surface area contributed by atoms with Gasteiger partial charge >= 0.3 is 0 Å². The zero-order valence-electron chi connectivity index (χ0n) is 13.9. The van der Waals surface area contributed by atoms with Crippen molar-refractivity contribution in [2.24, 2.45) is 0 Å². The Morgan fingerprint density at radius 3 is 2.61 bits per heavy atom. The van der Waals surface area contributed by atoms with E-state index in [1.807, 2.05) is 12.1 Å². The van der Waals surface area contributed by atoms with E-state index in [4.69, 9.17) is 9.15 Å². The lowest BCUT2D eigenvalue weighted by atomic mass is 10.1. The first kappa shape index (κ1) is 17.7. The highest BCUT2D eigenvalue weighted by molar-refractivity contribution is 5.17. The number of furan rings is 1. The molecule has 5 heteroatoms. The third-order valence-corrected chi connectivity index (χ3v) is 3.55. The second kappa shape index (κ2) is 7.73. The summed E-state index contributed by atoms with van der Waals surface area (Å²) < 4.78 is 24.2. The van der Waals surface area contributed by atoms with Crippen LogP contribution in [0.3, 0.4) is 0 Å². The maximum Gasteiger partial charge on any atom is 0.135 e. The molecule has 23 heavy (non-hydrogen) atoms. The molecule has 2 aromatic rings. The van der Waals surface area contributed by atoms with Crippen LogP contribution in [0.4, 0.5) is 4.39 Å². The molecule has 0 fully saturated rings. The summed E-state index contributed by atoms with van der Waals surface area (Å²) in [6, 6.07) is 10.2. The first-order chi connectivity index (χ1) is 10.9. The Hall–Kier alpha value is -1.69. The van der Waals surface area contributed by atoms with Gasteiger partial charge in [0.2, 0.25) is 0 Å². The number of nitrogens with zero attached hydrogens (tertiary/aromatic N) is 1. The van der Waals surface area contributed by atoms with E-state index in [1.165, 1.54) is 12.1 Å². The number of benzene rings is 1. The predicted molar refractivity (Wildman–Crippen MR) is 86.3 cm³/mol. The lowest BCUT2D eigenvalue weighted by Gasteiger charge is -2.21. The molecule has 0 atom stereocenters. The molecule has 0 spiro atoms. The Morgan fingerprint density at radius 2 is 2.00 bits per heavy atom. The van der Waals surface area contributed by atoms with Crippen LogP contribution in [0.15, 0.2) is 40.8 Å². The van der Waals surface area contributed by atoms with E-state index >= 15 is 0 Å². The summed E-state index contributed by atoms with van der Waals surface area (Å²) in [5, 5.41) is 9.97. The van der Waals surface area contributed by atoms with E-state index in [2.05, 4.69) is 4.90 Å². The van der Waals surface area contributed by atoms with Crippen LogP contribution >= 0.6 is 0 Å². The van der Waals surface area contributed by atoms with Crippen LogP contribution in [-0.2, 0) is 23.4 Å². The molecule has 0 unspecified atom stereocenters. The summed E-state index contributed by atoms with van der Waals surface area (Å²) in [6.45, 7) is 5.81. The maximum atomic E-state index is 13.3. The van der Waals surface area contributed by atoms with Gasteiger partial charge in [0, 0.05) is 20.2 Å². The predicted octanol–water partition coefficient (Wildman–Crippen LogP) is 3.29. The van der Waals surface area contributed by atoms with Crippen LogP contribution in [0, 0.1) is 5.82 Å². The Kier molecular flexibility index (Phi) is 5.93. The molecule has 0 amide bonds. The molecular weight excluding hydrogens is 297 g/mol.